The lowest BCUT2D eigenvalue weighted by molar-refractivity contribution is -0.125. The van der Waals surface area contributed by atoms with Gasteiger partial charge in [0.25, 0.3) is 0 Å². The maximum atomic E-state index is 12.1. The number of benzene rings is 1. The third-order valence-electron chi connectivity index (χ3n) is 3.86. The van der Waals surface area contributed by atoms with Gasteiger partial charge in [-0.05, 0) is 11.5 Å². The van der Waals surface area contributed by atoms with Crippen LogP contribution in [0, 0.1) is 11.8 Å². The second kappa shape index (κ2) is 7.95. The molecule has 0 saturated heterocycles. The van der Waals surface area contributed by atoms with Gasteiger partial charge in [-0.2, -0.15) is 0 Å². The van der Waals surface area contributed by atoms with Gasteiger partial charge in [-0.1, -0.05) is 63.9 Å². The second-order valence-corrected chi connectivity index (χ2v) is 5.15. The first-order valence-corrected chi connectivity index (χ1v) is 7.18. The van der Waals surface area contributed by atoms with Crippen molar-refractivity contribution in [3.05, 3.63) is 35.9 Å². The van der Waals surface area contributed by atoms with Crippen molar-refractivity contribution < 1.29 is 4.79 Å². The van der Waals surface area contributed by atoms with E-state index in [1.54, 1.807) is 0 Å². The van der Waals surface area contributed by atoms with Crippen molar-refractivity contribution in [1.82, 2.24) is 5.32 Å². The molecule has 2 atom stereocenters. The predicted molar refractivity (Wildman–Crippen MR) is 79.6 cm³/mol. The van der Waals surface area contributed by atoms with Crippen molar-refractivity contribution in [2.24, 2.45) is 17.6 Å². The molecule has 3 N–H and O–H groups in total. The van der Waals surface area contributed by atoms with E-state index in [0.29, 0.717) is 5.92 Å². The lowest BCUT2D eigenvalue weighted by Gasteiger charge is -2.21. The molecule has 0 fully saturated rings. The number of carbonyl (C=O) groups excluding carboxylic acids is 1. The maximum absolute atomic E-state index is 12.1. The molecule has 0 heterocycles. The summed E-state index contributed by atoms with van der Waals surface area (Å²) in [5.41, 5.74) is 7.16. The Kier molecular flexibility index (Phi) is 6.57. The number of amides is 1. The van der Waals surface area contributed by atoms with E-state index in [1.165, 1.54) is 0 Å². The van der Waals surface area contributed by atoms with Crippen molar-refractivity contribution in [1.29, 1.82) is 0 Å². The van der Waals surface area contributed by atoms with Crippen LogP contribution in [0.1, 0.15) is 45.2 Å². The van der Waals surface area contributed by atoms with Gasteiger partial charge in [0, 0.05) is 12.6 Å². The van der Waals surface area contributed by atoms with E-state index < -0.39 is 0 Å². The Bertz CT molecular complexity index is 374. The SMILES string of the molecule is CCC(CC)CNC(=O)C(C)C(N)c1ccccc1. The molecule has 0 spiro atoms. The summed E-state index contributed by atoms with van der Waals surface area (Å²) in [7, 11) is 0. The van der Waals surface area contributed by atoms with Crippen molar-refractivity contribution in [3.63, 3.8) is 0 Å². The van der Waals surface area contributed by atoms with Crippen LogP contribution in [0.25, 0.3) is 0 Å². The Morgan fingerprint density at radius 3 is 2.32 bits per heavy atom. The highest BCUT2D eigenvalue weighted by Crippen LogP contribution is 2.19. The molecule has 2 unspecified atom stereocenters. The summed E-state index contributed by atoms with van der Waals surface area (Å²) in [6, 6.07) is 9.54. The largest absolute Gasteiger partial charge is 0.356 e. The van der Waals surface area contributed by atoms with E-state index in [0.717, 1.165) is 24.9 Å². The highest BCUT2D eigenvalue weighted by Gasteiger charge is 2.22. The van der Waals surface area contributed by atoms with Crippen LogP contribution >= 0.6 is 0 Å². The molecular formula is C16H26N2O. The number of nitrogens with one attached hydrogen (secondary N) is 1. The van der Waals surface area contributed by atoms with Crippen molar-refractivity contribution in [2.75, 3.05) is 6.54 Å². The summed E-state index contributed by atoms with van der Waals surface area (Å²) in [5, 5.41) is 3.02. The third kappa shape index (κ3) is 4.67. The normalized spacial score (nSPS) is 14.2. The zero-order chi connectivity index (χ0) is 14.3. The van der Waals surface area contributed by atoms with Gasteiger partial charge in [-0.25, -0.2) is 0 Å². The number of nitrogens with two attached hydrogens (primary N) is 1. The summed E-state index contributed by atoms with van der Waals surface area (Å²) in [6.07, 6.45) is 2.19. The molecule has 19 heavy (non-hydrogen) atoms. The van der Waals surface area contributed by atoms with Crippen molar-refractivity contribution in [2.45, 2.75) is 39.7 Å². The molecule has 0 aliphatic heterocycles. The van der Waals surface area contributed by atoms with Crippen LogP contribution in [0.5, 0.6) is 0 Å². The van der Waals surface area contributed by atoms with Crippen LogP contribution in [0.4, 0.5) is 0 Å². The average Bonchev–Trinajstić information content (AvgIpc) is 2.47. The Labute approximate surface area is 116 Å². The minimum Gasteiger partial charge on any atom is -0.356 e. The molecule has 0 aromatic heterocycles. The van der Waals surface area contributed by atoms with Gasteiger partial charge in [0.05, 0.1) is 5.92 Å². The predicted octanol–water partition coefficient (Wildman–Crippen LogP) is 2.87. The fourth-order valence-electron chi connectivity index (χ4n) is 2.11. The first kappa shape index (κ1) is 15.7. The molecule has 3 heteroatoms. The van der Waals surface area contributed by atoms with E-state index in [2.05, 4.69) is 19.2 Å². The molecule has 0 saturated carbocycles. The molecule has 106 valence electrons. The van der Waals surface area contributed by atoms with Crippen LogP contribution in [0.15, 0.2) is 30.3 Å². The van der Waals surface area contributed by atoms with Crippen LogP contribution in [0.2, 0.25) is 0 Å². The van der Waals surface area contributed by atoms with Crippen LogP contribution in [-0.4, -0.2) is 12.5 Å². The summed E-state index contributed by atoms with van der Waals surface area (Å²) in [4.78, 5) is 12.1. The molecule has 0 aliphatic carbocycles. The topological polar surface area (TPSA) is 55.1 Å². The third-order valence-corrected chi connectivity index (χ3v) is 3.86. The summed E-state index contributed by atoms with van der Waals surface area (Å²) in [5.74, 6) is 0.393. The molecule has 0 aliphatic rings. The standard InChI is InChI=1S/C16H26N2O/c1-4-13(5-2)11-18-16(19)12(3)15(17)14-9-7-6-8-10-14/h6-10,12-13,15H,4-5,11,17H2,1-3H3,(H,18,19). The van der Waals surface area contributed by atoms with Crippen molar-refractivity contribution in [3.8, 4) is 0 Å². The van der Waals surface area contributed by atoms with Crippen LogP contribution in [-0.2, 0) is 4.79 Å². The first-order chi connectivity index (χ1) is 9.10. The van der Waals surface area contributed by atoms with Gasteiger partial charge in [0.15, 0.2) is 0 Å². The molecule has 0 radical (unpaired) electrons. The summed E-state index contributed by atoms with van der Waals surface area (Å²) >= 11 is 0. The molecule has 3 nitrogen and oxygen atoms in total. The molecule has 1 aromatic carbocycles. The number of hydrogen-bond acceptors (Lipinski definition) is 2. The number of rotatable bonds is 7. The zero-order valence-electron chi connectivity index (χ0n) is 12.2. The van der Waals surface area contributed by atoms with Crippen LogP contribution in [0.3, 0.4) is 0 Å². The fourth-order valence-corrected chi connectivity index (χ4v) is 2.11. The lowest BCUT2D eigenvalue weighted by Crippen LogP contribution is -2.37. The molecule has 0 bridgehead atoms. The molecular weight excluding hydrogens is 236 g/mol. The summed E-state index contributed by atoms with van der Waals surface area (Å²) in [6.45, 7) is 6.94. The van der Waals surface area contributed by atoms with Gasteiger partial charge in [-0.15, -0.1) is 0 Å². The van der Waals surface area contributed by atoms with Gasteiger partial charge >= 0.3 is 0 Å². The minimum atomic E-state index is -0.247. The van der Waals surface area contributed by atoms with E-state index in [-0.39, 0.29) is 17.9 Å². The zero-order valence-corrected chi connectivity index (χ0v) is 12.2. The smallest absolute Gasteiger partial charge is 0.224 e. The Balaban J connectivity index is 2.52. The van der Waals surface area contributed by atoms with Gasteiger partial charge in [0.2, 0.25) is 5.91 Å². The molecule has 1 amide bonds. The monoisotopic (exact) mass is 262 g/mol. The fraction of sp³-hybridized carbons (Fsp3) is 0.562. The van der Waals surface area contributed by atoms with Gasteiger partial charge < -0.3 is 11.1 Å². The molecule has 1 rings (SSSR count). The maximum Gasteiger partial charge on any atom is 0.224 e. The quantitative estimate of drug-likeness (QED) is 0.794. The van der Waals surface area contributed by atoms with Crippen LogP contribution < -0.4 is 11.1 Å². The summed E-state index contributed by atoms with van der Waals surface area (Å²) < 4.78 is 0. The van der Waals surface area contributed by atoms with E-state index >= 15 is 0 Å². The van der Waals surface area contributed by atoms with E-state index in [9.17, 15) is 4.79 Å². The average molecular weight is 262 g/mol. The Morgan fingerprint density at radius 2 is 1.79 bits per heavy atom. The Morgan fingerprint density at radius 1 is 1.21 bits per heavy atom. The number of carbonyl (C=O) groups is 1. The first-order valence-electron chi connectivity index (χ1n) is 7.18. The molecule has 1 aromatic rings. The van der Waals surface area contributed by atoms with Gasteiger partial charge in [0.1, 0.15) is 0 Å². The highest BCUT2D eigenvalue weighted by molar-refractivity contribution is 5.79. The highest BCUT2D eigenvalue weighted by atomic mass is 16.1. The van der Waals surface area contributed by atoms with E-state index in [4.69, 9.17) is 5.73 Å². The Hall–Kier alpha value is -1.35. The lowest BCUT2D eigenvalue weighted by atomic mass is 9.94. The van der Waals surface area contributed by atoms with E-state index in [1.807, 2.05) is 37.3 Å². The second-order valence-electron chi connectivity index (χ2n) is 5.15. The minimum absolute atomic E-state index is 0.0447. The number of hydrogen-bond donors (Lipinski definition) is 2. The van der Waals surface area contributed by atoms with Crippen molar-refractivity contribution >= 4 is 5.91 Å². The van der Waals surface area contributed by atoms with Gasteiger partial charge in [-0.3, -0.25) is 4.79 Å².